The maximum Gasteiger partial charge on any atom is 0.313 e. The van der Waals surface area contributed by atoms with Crippen LogP contribution >= 0.6 is 11.6 Å². The first-order valence-electron chi connectivity index (χ1n) is 9.68. The number of hydrogen-bond donors (Lipinski definition) is 1. The van der Waals surface area contributed by atoms with Crippen molar-refractivity contribution in [2.24, 2.45) is 0 Å². The van der Waals surface area contributed by atoms with Crippen molar-refractivity contribution in [3.8, 4) is 17.2 Å². The van der Waals surface area contributed by atoms with Crippen molar-refractivity contribution in [1.82, 2.24) is 4.90 Å². The lowest BCUT2D eigenvalue weighted by atomic mass is 10.2. The molecule has 0 aliphatic rings. The first kappa shape index (κ1) is 23.6. The second-order valence-corrected chi connectivity index (χ2v) is 7.37. The Morgan fingerprint density at radius 1 is 1.03 bits per heavy atom. The number of hydrogen-bond acceptors (Lipinski definition) is 6. The molecule has 0 saturated heterocycles. The molecule has 0 saturated carbocycles. The van der Waals surface area contributed by atoms with Crippen molar-refractivity contribution >= 4 is 34.8 Å². The van der Waals surface area contributed by atoms with Gasteiger partial charge >= 0.3 is 5.69 Å². The summed E-state index contributed by atoms with van der Waals surface area (Å²) in [6.45, 7) is -0.153. The van der Waals surface area contributed by atoms with Gasteiger partial charge in [-0.1, -0.05) is 11.6 Å². The lowest BCUT2D eigenvalue weighted by molar-refractivity contribution is -0.385. The number of amides is 2. The largest absolute Gasteiger partial charge is 0.497 e. The predicted octanol–water partition coefficient (Wildman–Crippen LogP) is 4.76. The van der Waals surface area contributed by atoms with Crippen LogP contribution in [0.4, 0.5) is 11.4 Å². The highest BCUT2D eigenvalue weighted by Crippen LogP contribution is 2.33. The molecular formula is C23H20ClN3O6. The van der Waals surface area contributed by atoms with Crippen molar-refractivity contribution in [2.45, 2.75) is 0 Å². The molecule has 0 heterocycles. The van der Waals surface area contributed by atoms with Gasteiger partial charge in [-0.15, -0.1) is 0 Å². The molecule has 0 atom stereocenters. The third-order valence-corrected chi connectivity index (χ3v) is 4.78. The number of ether oxygens (including phenoxy) is 2. The van der Waals surface area contributed by atoms with Gasteiger partial charge in [-0.2, -0.15) is 0 Å². The summed E-state index contributed by atoms with van der Waals surface area (Å²) in [4.78, 5) is 36.8. The number of nitro benzene ring substituents is 1. The first-order valence-corrected chi connectivity index (χ1v) is 10.1. The van der Waals surface area contributed by atoms with Crippen molar-refractivity contribution < 1.29 is 24.0 Å². The Kier molecular flexibility index (Phi) is 7.47. The van der Waals surface area contributed by atoms with E-state index in [1.165, 1.54) is 54.4 Å². The summed E-state index contributed by atoms with van der Waals surface area (Å²) in [5, 5.41) is 14.1. The van der Waals surface area contributed by atoms with Crippen LogP contribution in [0.3, 0.4) is 0 Å². The summed E-state index contributed by atoms with van der Waals surface area (Å²) in [7, 11) is 3.06. The zero-order chi connectivity index (χ0) is 24.0. The Morgan fingerprint density at radius 2 is 1.67 bits per heavy atom. The Balaban J connectivity index is 1.61. The van der Waals surface area contributed by atoms with E-state index in [0.29, 0.717) is 22.7 Å². The van der Waals surface area contributed by atoms with Gasteiger partial charge in [-0.25, -0.2) is 0 Å². The molecule has 2 amide bonds. The third-order valence-electron chi connectivity index (χ3n) is 4.55. The highest BCUT2D eigenvalue weighted by molar-refractivity contribution is 6.30. The third kappa shape index (κ3) is 6.20. The number of anilines is 1. The summed E-state index contributed by atoms with van der Waals surface area (Å²) in [5.74, 6) is 0.265. The van der Waals surface area contributed by atoms with E-state index < -0.39 is 4.92 Å². The topological polar surface area (TPSA) is 111 Å². The van der Waals surface area contributed by atoms with Crippen molar-refractivity contribution in [2.75, 3.05) is 26.0 Å². The Hall–Kier alpha value is -4.11. The molecule has 0 spiro atoms. The number of carbonyl (C=O) groups excluding carboxylic acids is 2. The van der Waals surface area contributed by atoms with Crippen LogP contribution < -0.4 is 14.8 Å². The Morgan fingerprint density at radius 3 is 2.27 bits per heavy atom. The van der Waals surface area contributed by atoms with E-state index in [4.69, 9.17) is 21.1 Å². The number of halogens is 1. The van der Waals surface area contributed by atoms with E-state index in [0.717, 1.165) is 0 Å². The fraction of sp³-hybridized carbons (Fsp3) is 0.130. The number of nitrogens with zero attached hydrogens (tertiary/aromatic N) is 2. The van der Waals surface area contributed by atoms with E-state index in [-0.39, 0.29) is 34.8 Å². The van der Waals surface area contributed by atoms with Crippen LogP contribution in [0, 0.1) is 10.1 Å². The van der Waals surface area contributed by atoms with Gasteiger partial charge in [0.05, 0.1) is 18.6 Å². The van der Waals surface area contributed by atoms with Gasteiger partial charge in [0.25, 0.3) is 5.91 Å². The van der Waals surface area contributed by atoms with Gasteiger partial charge in [0.1, 0.15) is 11.5 Å². The molecule has 3 aromatic rings. The maximum atomic E-state index is 12.7. The van der Waals surface area contributed by atoms with Gasteiger partial charge in [0.15, 0.2) is 0 Å². The summed E-state index contributed by atoms with van der Waals surface area (Å²) in [6.07, 6.45) is 0. The van der Waals surface area contributed by atoms with Crippen LogP contribution in [-0.2, 0) is 4.79 Å². The fourth-order valence-electron chi connectivity index (χ4n) is 2.89. The van der Waals surface area contributed by atoms with Gasteiger partial charge < -0.3 is 19.7 Å². The standard InChI is InChI=1S/C23H20ClN3O6/c1-26(14-22(28)25-17-6-10-18(32-2)11-7-17)23(29)15-3-8-19(9-4-15)33-21-12-5-16(24)13-20(21)27(30)31/h3-13H,14H2,1-2H3,(H,25,28). The number of nitro groups is 1. The Labute approximate surface area is 194 Å². The van der Waals surface area contributed by atoms with Crippen LogP contribution in [0.5, 0.6) is 17.2 Å². The van der Waals surface area contributed by atoms with Crippen LogP contribution in [0.2, 0.25) is 5.02 Å². The van der Waals surface area contributed by atoms with Gasteiger partial charge in [0, 0.05) is 29.4 Å². The number of rotatable bonds is 8. The molecule has 3 rings (SSSR count). The maximum absolute atomic E-state index is 12.7. The number of benzene rings is 3. The van der Waals surface area contributed by atoms with Crippen molar-refractivity contribution in [3.05, 3.63) is 87.4 Å². The molecule has 0 fully saturated rings. The summed E-state index contributed by atoms with van der Waals surface area (Å²) in [6, 6.07) is 16.9. The van der Waals surface area contributed by atoms with E-state index in [1.807, 2.05) is 0 Å². The van der Waals surface area contributed by atoms with E-state index >= 15 is 0 Å². The fourth-order valence-corrected chi connectivity index (χ4v) is 3.06. The minimum Gasteiger partial charge on any atom is -0.497 e. The van der Waals surface area contributed by atoms with Crippen LogP contribution in [0.25, 0.3) is 0 Å². The minimum absolute atomic E-state index is 0.0239. The quantitative estimate of drug-likeness (QED) is 0.376. The summed E-state index contributed by atoms with van der Waals surface area (Å²) in [5.41, 5.74) is 0.636. The lowest BCUT2D eigenvalue weighted by Crippen LogP contribution is -2.34. The monoisotopic (exact) mass is 469 g/mol. The van der Waals surface area contributed by atoms with Crippen LogP contribution in [-0.4, -0.2) is 42.3 Å². The molecular weight excluding hydrogens is 450 g/mol. The van der Waals surface area contributed by atoms with E-state index in [2.05, 4.69) is 5.32 Å². The SMILES string of the molecule is COc1ccc(NC(=O)CN(C)C(=O)c2ccc(Oc3ccc(Cl)cc3[N+](=O)[O-])cc2)cc1. The van der Waals surface area contributed by atoms with Gasteiger partial charge in [-0.05, 0) is 60.7 Å². The van der Waals surface area contributed by atoms with Crippen molar-refractivity contribution in [1.29, 1.82) is 0 Å². The average molecular weight is 470 g/mol. The highest BCUT2D eigenvalue weighted by Gasteiger charge is 2.18. The Bertz CT molecular complexity index is 1170. The normalized spacial score (nSPS) is 10.3. The van der Waals surface area contributed by atoms with Gasteiger partial charge in [-0.3, -0.25) is 19.7 Å². The molecule has 0 unspecified atom stereocenters. The molecule has 170 valence electrons. The molecule has 1 N–H and O–H groups in total. The van der Waals surface area contributed by atoms with E-state index in [1.54, 1.807) is 31.4 Å². The number of likely N-dealkylation sites (N-methyl/N-ethyl adjacent to an activating group) is 1. The predicted molar refractivity (Wildman–Crippen MR) is 123 cm³/mol. The second kappa shape index (κ2) is 10.5. The molecule has 10 heteroatoms. The van der Waals surface area contributed by atoms with E-state index in [9.17, 15) is 19.7 Å². The lowest BCUT2D eigenvalue weighted by Gasteiger charge is -2.17. The first-order chi connectivity index (χ1) is 15.8. The van der Waals surface area contributed by atoms with Crippen molar-refractivity contribution in [3.63, 3.8) is 0 Å². The minimum atomic E-state index is -0.592. The molecule has 3 aromatic carbocycles. The molecule has 9 nitrogen and oxygen atoms in total. The molecule has 0 aliphatic carbocycles. The second-order valence-electron chi connectivity index (χ2n) is 6.93. The molecule has 0 aliphatic heterocycles. The zero-order valence-corrected chi connectivity index (χ0v) is 18.5. The summed E-state index contributed by atoms with van der Waals surface area (Å²) < 4.78 is 10.6. The molecule has 33 heavy (non-hydrogen) atoms. The van der Waals surface area contributed by atoms with Gasteiger partial charge in [0.2, 0.25) is 11.7 Å². The average Bonchev–Trinajstić information content (AvgIpc) is 2.80. The highest BCUT2D eigenvalue weighted by atomic mass is 35.5. The van der Waals surface area contributed by atoms with Crippen LogP contribution in [0.1, 0.15) is 10.4 Å². The molecule has 0 radical (unpaired) electrons. The molecule has 0 aromatic heterocycles. The number of methoxy groups -OCH3 is 1. The number of carbonyl (C=O) groups is 2. The smallest absolute Gasteiger partial charge is 0.313 e. The number of nitrogens with one attached hydrogen (secondary N) is 1. The van der Waals surface area contributed by atoms with Crippen LogP contribution in [0.15, 0.2) is 66.7 Å². The summed E-state index contributed by atoms with van der Waals surface area (Å²) >= 11 is 5.81. The molecule has 0 bridgehead atoms. The zero-order valence-electron chi connectivity index (χ0n) is 17.8.